The third-order valence-corrected chi connectivity index (χ3v) is 5.53. The van der Waals surface area contributed by atoms with E-state index in [1.807, 2.05) is 26.2 Å². The van der Waals surface area contributed by atoms with Gasteiger partial charge < -0.3 is 5.32 Å². The molecule has 4 nitrogen and oxygen atoms in total. The summed E-state index contributed by atoms with van der Waals surface area (Å²) in [6.07, 6.45) is 1.96. The predicted molar refractivity (Wildman–Crippen MR) is 91.3 cm³/mol. The number of aryl methyl sites for hydroxylation is 1. The fourth-order valence-electron chi connectivity index (χ4n) is 1.94. The van der Waals surface area contributed by atoms with Crippen LogP contribution in [0.25, 0.3) is 0 Å². The summed E-state index contributed by atoms with van der Waals surface area (Å²) in [5, 5.41) is 3.32. The van der Waals surface area contributed by atoms with Crippen molar-refractivity contribution in [3.8, 4) is 0 Å². The van der Waals surface area contributed by atoms with Gasteiger partial charge in [-0.2, -0.15) is 11.8 Å². The number of thioether (sulfide) groups is 1. The molecule has 0 aliphatic rings. The molecule has 1 aromatic rings. The van der Waals surface area contributed by atoms with Crippen LogP contribution in [0.2, 0.25) is 0 Å². The van der Waals surface area contributed by atoms with Crippen molar-refractivity contribution < 1.29 is 8.42 Å². The molecule has 1 unspecified atom stereocenters. The lowest BCUT2D eigenvalue weighted by molar-refractivity contribution is 0.569. The minimum atomic E-state index is -3.45. The number of hydrogen-bond acceptors (Lipinski definition) is 4. The molecule has 6 heteroatoms. The van der Waals surface area contributed by atoms with E-state index in [0.29, 0.717) is 17.5 Å². The summed E-state index contributed by atoms with van der Waals surface area (Å²) in [4.78, 5) is 0.335. The van der Waals surface area contributed by atoms with Crippen molar-refractivity contribution in [3.05, 3.63) is 29.3 Å². The smallest absolute Gasteiger partial charge is 0.240 e. The van der Waals surface area contributed by atoms with Crippen LogP contribution in [0.4, 0.5) is 0 Å². The largest absolute Gasteiger partial charge is 0.310 e. The van der Waals surface area contributed by atoms with Gasteiger partial charge in [0.1, 0.15) is 0 Å². The SMILES string of the molecule is CSCC(C)NS(=O)(=O)c1ccc(C)c(CNC(C)C)c1. The van der Waals surface area contributed by atoms with Crippen molar-refractivity contribution in [3.63, 3.8) is 0 Å². The Labute approximate surface area is 133 Å². The van der Waals surface area contributed by atoms with Crippen molar-refractivity contribution in [1.82, 2.24) is 10.0 Å². The highest BCUT2D eigenvalue weighted by Gasteiger charge is 2.18. The normalized spacial score (nSPS) is 13.6. The van der Waals surface area contributed by atoms with E-state index in [2.05, 4.69) is 23.9 Å². The molecular weight excluding hydrogens is 304 g/mol. The number of nitrogens with one attached hydrogen (secondary N) is 2. The average Bonchev–Trinajstić information content (AvgIpc) is 2.36. The van der Waals surface area contributed by atoms with Crippen LogP contribution in [-0.4, -0.2) is 32.5 Å². The fourth-order valence-corrected chi connectivity index (χ4v) is 3.92. The van der Waals surface area contributed by atoms with E-state index in [0.717, 1.165) is 16.9 Å². The Morgan fingerprint density at radius 1 is 1.24 bits per heavy atom. The molecule has 0 aliphatic carbocycles. The van der Waals surface area contributed by atoms with E-state index in [1.54, 1.807) is 23.9 Å². The molecule has 0 bridgehead atoms. The molecule has 120 valence electrons. The lowest BCUT2D eigenvalue weighted by atomic mass is 10.1. The van der Waals surface area contributed by atoms with Gasteiger partial charge in [0.15, 0.2) is 0 Å². The first-order chi connectivity index (χ1) is 9.76. The molecule has 0 heterocycles. The molecule has 0 saturated carbocycles. The molecule has 1 atom stereocenters. The maximum absolute atomic E-state index is 12.4. The molecule has 0 aromatic heterocycles. The summed E-state index contributed by atoms with van der Waals surface area (Å²) in [6.45, 7) is 8.69. The third-order valence-electron chi connectivity index (χ3n) is 3.10. The lowest BCUT2D eigenvalue weighted by Crippen LogP contribution is -2.34. The zero-order valence-electron chi connectivity index (χ0n) is 13.4. The van der Waals surface area contributed by atoms with E-state index in [1.165, 1.54) is 0 Å². The predicted octanol–water partition coefficient (Wildman–Crippen LogP) is 2.52. The first kappa shape index (κ1) is 18.5. The van der Waals surface area contributed by atoms with Crippen LogP contribution >= 0.6 is 11.8 Å². The molecule has 0 spiro atoms. The highest BCUT2D eigenvalue weighted by Crippen LogP contribution is 2.16. The van der Waals surface area contributed by atoms with E-state index in [-0.39, 0.29) is 6.04 Å². The molecule has 0 aliphatic heterocycles. The van der Waals surface area contributed by atoms with E-state index in [9.17, 15) is 8.42 Å². The van der Waals surface area contributed by atoms with Crippen LogP contribution in [0.3, 0.4) is 0 Å². The zero-order chi connectivity index (χ0) is 16.0. The second kappa shape index (κ2) is 8.17. The molecule has 2 N–H and O–H groups in total. The minimum absolute atomic E-state index is 0.0801. The average molecular weight is 331 g/mol. The molecule has 0 amide bonds. The van der Waals surface area contributed by atoms with Gasteiger partial charge in [0, 0.05) is 24.4 Å². The minimum Gasteiger partial charge on any atom is -0.310 e. The summed E-state index contributed by atoms with van der Waals surface area (Å²) in [5.41, 5.74) is 2.11. The molecular formula is C15H26N2O2S2. The molecule has 0 saturated heterocycles. The first-order valence-electron chi connectivity index (χ1n) is 7.10. The van der Waals surface area contributed by atoms with Crippen molar-refractivity contribution in [1.29, 1.82) is 0 Å². The Bertz CT molecular complexity index is 557. The van der Waals surface area contributed by atoms with Gasteiger partial charge in [0.2, 0.25) is 10.0 Å². The number of rotatable bonds is 8. The van der Waals surface area contributed by atoms with Crippen LogP contribution in [0, 0.1) is 6.92 Å². The van der Waals surface area contributed by atoms with E-state index in [4.69, 9.17) is 0 Å². The van der Waals surface area contributed by atoms with Crippen molar-refractivity contribution in [2.45, 2.75) is 51.2 Å². The quantitative estimate of drug-likeness (QED) is 0.769. The second-order valence-electron chi connectivity index (χ2n) is 5.60. The second-order valence-corrected chi connectivity index (χ2v) is 8.23. The van der Waals surface area contributed by atoms with Gasteiger partial charge in [-0.25, -0.2) is 13.1 Å². The molecule has 0 fully saturated rings. The molecule has 0 radical (unpaired) electrons. The van der Waals surface area contributed by atoms with Gasteiger partial charge >= 0.3 is 0 Å². The standard InChI is InChI=1S/C15H26N2O2S2/c1-11(2)16-9-14-8-15(7-6-12(14)3)21(18,19)17-13(4)10-20-5/h6-8,11,13,16-17H,9-10H2,1-5H3. The van der Waals surface area contributed by atoms with Crippen LogP contribution < -0.4 is 10.0 Å². The number of sulfonamides is 1. The van der Waals surface area contributed by atoms with Gasteiger partial charge in [-0.15, -0.1) is 0 Å². The summed E-state index contributed by atoms with van der Waals surface area (Å²) in [7, 11) is -3.45. The monoisotopic (exact) mass is 330 g/mol. The Kier molecular flexibility index (Phi) is 7.20. The Balaban J connectivity index is 2.94. The van der Waals surface area contributed by atoms with Gasteiger partial charge in [-0.3, -0.25) is 0 Å². The highest BCUT2D eigenvalue weighted by atomic mass is 32.2. The third kappa shape index (κ3) is 5.98. The van der Waals surface area contributed by atoms with Crippen LogP contribution in [-0.2, 0) is 16.6 Å². The van der Waals surface area contributed by atoms with E-state index < -0.39 is 10.0 Å². The van der Waals surface area contributed by atoms with Crippen LogP contribution in [0.15, 0.2) is 23.1 Å². The summed E-state index contributed by atoms with van der Waals surface area (Å²) in [5.74, 6) is 0.757. The van der Waals surface area contributed by atoms with Gasteiger partial charge in [0.25, 0.3) is 0 Å². The van der Waals surface area contributed by atoms with Gasteiger partial charge in [-0.05, 0) is 43.4 Å². The highest BCUT2D eigenvalue weighted by molar-refractivity contribution is 7.98. The lowest BCUT2D eigenvalue weighted by Gasteiger charge is -2.15. The molecule has 21 heavy (non-hydrogen) atoms. The number of benzene rings is 1. The first-order valence-corrected chi connectivity index (χ1v) is 9.98. The maximum Gasteiger partial charge on any atom is 0.240 e. The van der Waals surface area contributed by atoms with Crippen molar-refractivity contribution >= 4 is 21.8 Å². The maximum atomic E-state index is 12.4. The number of hydrogen-bond donors (Lipinski definition) is 2. The Morgan fingerprint density at radius 2 is 1.90 bits per heavy atom. The fraction of sp³-hybridized carbons (Fsp3) is 0.600. The Hall–Kier alpha value is -0.560. The van der Waals surface area contributed by atoms with Crippen molar-refractivity contribution in [2.75, 3.05) is 12.0 Å². The summed E-state index contributed by atoms with van der Waals surface area (Å²) < 4.78 is 27.5. The van der Waals surface area contributed by atoms with Crippen molar-refractivity contribution in [2.24, 2.45) is 0 Å². The van der Waals surface area contributed by atoms with Crippen LogP contribution in [0.1, 0.15) is 31.9 Å². The van der Waals surface area contributed by atoms with Gasteiger partial charge in [-0.1, -0.05) is 19.9 Å². The summed E-state index contributed by atoms with van der Waals surface area (Å²) >= 11 is 1.63. The molecule has 1 rings (SSSR count). The molecule has 1 aromatic carbocycles. The Morgan fingerprint density at radius 3 is 2.48 bits per heavy atom. The summed E-state index contributed by atoms with van der Waals surface area (Å²) in [6, 6.07) is 5.58. The van der Waals surface area contributed by atoms with E-state index >= 15 is 0 Å². The van der Waals surface area contributed by atoms with Crippen LogP contribution in [0.5, 0.6) is 0 Å². The zero-order valence-corrected chi connectivity index (χ0v) is 15.1. The topological polar surface area (TPSA) is 58.2 Å². The van der Waals surface area contributed by atoms with Gasteiger partial charge in [0.05, 0.1) is 4.90 Å².